The highest BCUT2D eigenvalue weighted by molar-refractivity contribution is 5.21. The number of likely N-dealkylation sites (tertiary alicyclic amines) is 1. The van der Waals surface area contributed by atoms with Crippen molar-refractivity contribution < 1.29 is 9.50 Å². The SMILES string of the molecule is C[C@@](O)(c1ccccc1)N1CC[C@H](F)C1. The Labute approximate surface area is 89.3 Å². The minimum absolute atomic E-state index is 0.321. The molecule has 1 aromatic rings. The summed E-state index contributed by atoms with van der Waals surface area (Å²) in [5.41, 5.74) is -0.235. The van der Waals surface area contributed by atoms with Crippen molar-refractivity contribution in [3.63, 3.8) is 0 Å². The minimum atomic E-state index is -1.05. The van der Waals surface area contributed by atoms with Gasteiger partial charge in [-0.1, -0.05) is 30.3 Å². The van der Waals surface area contributed by atoms with Crippen molar-refractivity contribution >= 4 is 0 Å². The smallest absolute Gasteiger partial charge is 0.141 e. The first-order valence-corrected chi connectivity index (χ1v) is 5.28. The maximum atomic E-state index is 13.1. The molecule has 0 radical (unpaired) electrons. The maximum absolute atomic E-state index is 13.1. The molecule has 1 N–H and O–H groups in total. The molecule has 0 bridgehead atoms. The Morgan fingerprint density at radius 3 is 2.60 bits per heavy atom. The van der Waals surface area contributed by atoms with E-state index in [9.17, 15) is 9.50 Å². The van der Waals surface area contributed by atoms with E-state index in [4.69, 9.17) is 0 Å². The van der Waals surface area contributed by atoms with E-state index in [1.165, 1.54) is 0 Å². The van der Waals surface area contributed by atoms with Gasteiger partial charge in [0, 0.05) is 13.1 Å². The van der Waals surface area contributed by atoms with Crippen molar-refractivity contribution in [1.82, 2.24) is 4.90 Å². The Hall–Kier alpha value is -0.930. The van der Waals surface area contributed by atoms with Crippen molar-refractivity contribution in [3.05, 3.63) is 35.9 Å². The highest BCUT2D eigenvalue weighted by Crippen LogP contribution is 2.29. The summed E-state index contributed by atoms with van der Waals surface area (Å²) in [5, 5.41) is 10.4. The second kappa shape index (κ2) is 3.91. The first kappa shape index (κ1) is 10.6. The van der Waals surface area contributed by atoms with Gasteiger partial charge in [0.25, 0.3) is 0 Å². The average Bonchev–Trinajstić information content (AvgIpc) is 2.67. The minimum Gasteiger partial charge on any atom is -0.372 e. The molecule has 0 amide bonds. The van der Waals surface area contributed by atoms with Crippen LogP contribution >= 0.6 is 0 Å². The van der Waals surface area contributed by atoms with Crippen LogP contribution in [0.3, 0.4) is 0 Å². The van der Waals surface area contributed by atoms with E-state index in [0.29, 0.717) is 19.5 Å². The molecule has 1 aliphatic heterocycles. The van der Waals surface area contributed by atoms with Crippen LogP contribution in [-0.2, 0) is 5.72 Å². The van der Waals surface area contributed by atoms with E-state index in [-0.39, 0.29) is 0 Å². The Bertz CT molecular complexity index is 326. The van der Waals surface area contributed by atoms with Gasteiger partial charge in [-0.3, -0.25) is 4.90 Å². The highest BCUT2D eigenvalue weighted by Gasteiger charge is 2.36. The summed E-state index contributed by atoms with van der Waals surface area (Å²) in [6.45, 7) is 2.66. The average molecular weight is 209 g/mol. The van der Waals surface area contributed by atoms with Crippen LogP contribution in [0.15, 0.2) is 30.3 Å². The number of alkyl halides is 1. The zero-order valence-electron chi connectivity index (χ0n) is 8.86. The maximum Gasteiger partial charge on any atom is 0.141 e. The monoisotopic (exact) mass is 209 g/mol. The van der Waals surface area contributed by atoms with Gasteiger partial charge in [-0.2, -0.15) is 0 Å². The lowest BCUT2D eigenvalue weighted by Crippen LogP contribution is -2.42. The normalized spacial score (nSPS) is 26.5. The van der Waals surface area contributed by atoms with Gasteiger partial charge in [0.1, 0.15) is 11.9 Å². The molecule has 3 heteroatoms. The Kier molecular flexibility index (Phi) is 2.76. The van der Waals surface area contributed by atoms with Crippen LogP contribution in [0.2, 0.25) is 0 Å². The van der Waals surface area contributed by atoms with Gasteiger partial charge in [0.05, 0.1) is 0 Å². The first-order chi connectivity index (χ1) is 7.10. The number of nitrogens with zero attached hydrogens (tertiary/aromatic N) is 1. The molecule has 82 valence electrons. The summed E-state index contributed by atoms with van der Waals surface area (Å²) in [6, 6.07) is 9.40. The van der Waals surface area contributed by atoms with Crippen molar-refractivity contribution in [2.24, 2.45) is 0 Å². The van der Waals surface area contributed by atoms with Crippen LogP contribution < -0.4 is 0 Å². The van der Waals surface area contributed by atoms with Crippen LogP contribution in [0.1, 0.15) is 18.9 Å². The van der Waals surface area contributed by atoms with E-state index in [1.807, 2.05) is 30.3 Å². The fourth-order valence-corrected chi connectivity index (χ4v) is 2.05. The lowest BCUT2D eigenvalue weighted by atomic mass is 10.0. The topological polar surface area (TPSA) is 23.5 Å². The van der Waals surface area contributed by atoms with E-state index in [0.717, 1.165) is 5.56 Å². The lowest BCUT2D eigenvalue weighted by molar-refractivity contribution is -0.0906. The molecule has 0 saturated carbocycles. The van der Waals surface area contributed by atoms with Gasteiger partial charge in [-0.25, -0.2) is 4.39 Å². The molecule has 0 unspecified atom stereocenters. The number of rotatable bonds is 2. The largest absolute Gasteiger partial charge is 0.372 e. The lowest BCUT2D eigenvalue weighted by Gasteiger charge is -2.33. The molecule has 2 rings (SSSR count). The summed E-state index contributed by atoms with van der Waals surface area (Å²) in [4.78, 5) is 1.78. The molecule has 2 nitrogen and oxygen atoms in total. The van der Waals surface area contributed by atoms with Crippen molar-refractivity contribution in [3.8, 4) is 0 Å². The molecule has 1 heterocycles. The summed E-state index contributed by atoms with van der Waals surface area (Å²) < 4.78 is 13.1. The molecule has 1 aliphatic rings. The van der Waals surface area contributed by atoms with E-state index >= 15 is 0 Å². The zero-order chi connectivity index (χ0) is 10.9. The number of benzene rings is 1. The first-order valence-electron chi connectivity index (χ1n) is 5.28. The van der Waals surface area contributed by atoms with Gasteiger partial charge in [-0.05, 0) is 18.9 Å². The third-order valence-electron chi connectivity index (χ3n) is 3.07. The van der Waals surface area contributed by atoms with Gasteiger partial charge in [-0.15, -0.1) is 0 Å². The molecule has 1 aromatic carbocycles. The quantitative estimate of drug-likeness (QED) is 0.804. The number of hydrogen-bond donors (Lipinski definition) is 1. The molecule has 1 saturated heterocycles. The third-order valence-corrected chi connectivity index (χ3v) is 3.07. The van der Waals surface area contributed by atoms with Crippen molar-refractivity contribution in [1.29, 1.82) is 0 Å². The Balaban J connectivity index is 2.20. The summed E-state index contributed by atoms with van der Waals surface area (Å²) in [7, 11) is 0. The van der Waals surface area contributed by atoms with Gasteiger partial charge in [0.15, 0.2) is 0 Å². The molecule has 0 spiro atoms. The number of halogens is 1. The number of hydrogen-bond acceptors (Lipinski definition) is 2. The van der Waals surface area contributed by atoms with Crippen LogP contribution in [0, 0.1) is 0 Å². The predicted molar refractivity (Wildman–Crippen MR) is 57.1 cm³/mol. The van der Waals surface area contributed by atoms with Crippen LogP contribution in [0.5, 0.6) is 0 Å². The van der Waals surface area contributed by atoms with E-state index < -0.39 is 11.9 Å². The molecule has 0 aliphatic carbocycles. The van der Waals surface area contributed by atoms with Crippen molar-refractivity contribution in [2.75, 3.05) is 13.1 Å². The molecule has 1 fully saturated rings. The zero-order valence-corrected chi connectivity index (χ0v) is 8.86. The van der Waals surface area contributed by atoms with E-state index in [1.54, 1.807) is 11.8 Å². The molecule has 2 atom stereocenters. The van der Waals surface area contributed by atoms with Crippen LogP contribution in [0.25, 0.3) is 0 Å². The second-order valence-electron chi connectivity index (χ2n) is 4.22. The van der Waals surface area contributed by atoms with Gasteiger partial charge < -0.3 is 5.11 Å². The summed E-state index contributed by atoms with van der Waals surface area (Å²) >= 11 is 0. The predicted octanol–water partition coefficient (Wildman–Crippen LogP) is 1.90. The number of aliphatic hydroxyl groups is 1. The summed E-state index contributed by atoms with van der Waals surface area (Å²) in [5.74, 6) is 0. The molecule has 15 heavy (non-hydrogen) atoms. The molecule has 0 aromatic heterocycles. The Morgan fingerprint density at radius 1 is 1.40 bits per heavy atom. The second-order valence-corrected chi connectivity index (χ2v) is 4.22. The highest BCUT2D eigenvalue weighted by atomic mass is 19.1. The standard InChI is InChI=1S/C12H16FNO/c1-12(15,10-5-3-2-4-6-10)14-8-7-11(13)9-14/h2-6,11,15H,7-9H2,1H3/t11-,12+/m0/s1. The van der Waals surface area contributed by atoms with Gasteiger partial charge in [0.2, 0.25) is 0 Å². The fraction of sp³-hybridized carbons (Fsp3) is 0.500. The molecular weight excluding hydrogens is 193 g/mol. The fourth-order valence-electron chi connectivity index (χ4n) is 2.05. The van der Waals surface area contributed by atoms with E-state index in [2.05, 4.69) is 0 Å². The van der Waals surface area contributed by atoms with Gasteiger partial charge >= 0.3 is 0 Å². The summed E-state index contributed by atoms with van der Waals surface area (Å²) in [6.07, 6.45) is -0.289. The van der Waals surface area contributed by atoms with Crippen LogP contribution in [0.4, 0.5) is 4.39 Å². The van der Waals surface area contributed by atoms with Crippen LogP contribution in [-0.4, -0.2) is 29.3 Å². The van der Waals surface area contributed by atoms with Crippen molar-refractivity contribution in [2.45, 2.75) is 25.2 Å². The molecular formula is C12H16FNO. The third kappa shape index (κ3) is 2.03. The Morgan fingerprint density at radius 2 is 2.07 bits per heavy atom.